The molecule has 1 aliphatic rings. The van der Waals surface area contributed by atoms with E-state index < -0.39 is 6.10 Å². The molecule has 1 heterocycles. The molecule has 3 atom stereocenters. The number of ether oxygens (including phenoxy) is 2. The molecule has 0 spiro atoms. The minimum Gasteiger partial charge on any atom is -0.491 e. The molecule has 2 aromatic carbocycles. The van der Waals surface area contributed by atoms with E-state index in [4.69, 9.17) is 26.8 Å². The maximum absolute atomic E-state index is 12.0. The van der Waals surface area contributed by atoms with E-state index in [1.54, 1.807) is 0 Å². The molecule has 0 bridgehead atoms. The number of carbonyl (C=O) groups is 1. The van der Waals surface area contributed by atoms with E-state index in [9.17, 15) is 9.90 Å². The van der Waals surface area contributed by atoms with Gasteiger partial charge in [-0.15, -0.1) is 0 Å². The third-order valence-electron chi connectivity index (χ3n) is 5.73. The van der Waals surface area contributed by atoms with E-state index in [2.05, 4.69) is 11.8 Å². The summed E-state index contributed by atoms with van der Waals surface area (Å²) in [6.45, 7) is 4.33. The van der Waals surface area contributed by atoms with Crippen molar-refractivity contribution in [3.05, 3.63) is 59.1 Å². The molecule has 0 radical (unpaired) electrons. The van der Waals surface area contributed by atoms with E-state index in [-0.39, 0.29) is 24.5 Å². The summed E-state index contributed by atoms with van der Waals surface area (Å²) in [7, 11) is 0. The number of unbranched alkanes of at least 4 members (excludes halogenated alkanes) is 1. The van der Waals surface area contributed by atoms with Crippen LogP contribution in [0.15, 0.2) is 48.5 Å². The monoisotopic (exact) mass is 460 g/mol. The molecule has 0 saturated carbocycles. The highest BCUT2D eigenvalue weighted by Gasteiger charge is 2.26. The Balaban J connectivity index is 1.49. The van der Waals surface area contributed by atoms with Crippen LogP contribution in [-0.4, -0.2) is 54.4 Å². The maximum atomic E-state index is 12.0. The van der Waals surface area contributed by atoms with Gasteiger partial charge in [-0.25, -0.2) is 0 Å². The van der Waals surface area contributed by atoms with Crippen LogP contribution in [0.2, 0.25) is 5.02 Å². The van der Waals surface area contributed by atoms with Crippen molar-refractivity contribution in [2.24, 2.45) is 5.73 Å². The molecule has 0 aromatic heterocycles. The van der Waals surface area contributed by atoms with Gasteiger partial charge < -0.3 is 20.3 Å². The number of likely N-dealkylation sites (tertiary alicyclic amines) is 1. The normalized spacial score (nSPS) is 18.3. The summed E-state index contributed by atoms with van der Waals surface area (Å²) in [5.41, 5.74) is 6.44. The van der Waals surface area contributed by atoms with Gasteiger partial charge in [-0.05, 0) is 43.2 Å². The number of benzene rings is 2. The van der Waals surface area contributed by atoms with Crippen molar-refractivity contribution in [1.82, 2.24) is 4.90 Å². The number of primary amides is 1. The largest absolute Gasteiger partial charge is 0.491 e. The van der Waals surface area contributed by atoms with Gasteiger partial charge >= 0.3 is 0 Å². The molecule has 3 N–H and O–H groups in total. The summed E-state index contributed by atoms with van der Waals surface area (Å²) in [6.07, 6.45) is 2.93. The molecule has 2 aromatic rings. The maximum Gasteiger partial charge on any atom is 0.225 e. The van der Waals surface area contributed by atoms with Crippen molar-refractivity contribution in [2.45, 2.75) is 50.7 Å². The molecule has 174 valence electrons. The lowest BCUT2D eigenvalue weighted by molar-refractivity contribution is -0.119. The molecule has 32 heavy (non-hydrogen) atoms. The van der Waals surface area contributed by atoms with Crippen molar-refractivity contribution < 1.29 is 19.4 Å². The number of rotatable bonds is 12. The number of hydrogen-bond donors (Lipinski definition) is 2. The van der Waals surface area contributed by atoms with Gasteiger partial charge in [-0.3, -0.25) is 9.69 Å². The molecule has 1 aliphatic heterocycles. The van der Waals surface area contributed by atoms with Crippen molar-refractivity contribution >= 4 is 17.5 Å². The molecule has 7 heteroatoms. The fourth-order valence-corrected chi connectivity index (χ4v) is 4.19. The zero-order valence-corrected chi connectivity index (χ0v) is 19.3. The number of nitrogens with two attached hydrogens (primary N) is 1. The number of β-amino-alcohol motifs (C(OH)–C–C–N with tert-alkyl or cyclic N) is 1. The Kier molecular flexibility index (Phi) is 9.21. The topological polar surface area (TPSA) is 85.0 Å². The second-order valence-electron chi connectivity index (χ2n) is 8.34. The van der Waals surface area contributed by atoms with Crippen LogP contribution in [0.5, 0.6) is 11.5 Å². The Hall–Kier alpha value is -2.28. The number of nitrogens with zero attached hydrogens (tertiary/aromatic N) is 1. The lowest BCUT2D eigenvalue weighted by atomic mass is 9.92. The molecule has 1 saturated heterocycles. The molecular formula is C25H33ClN2O4. The minimum absolute atomic E-state index is 0.0833. The van der Waals surface area contributed by atoms with Crippen LogP contribution in [0, 0.1) is 0 Å². The van der Waals surface area contributed by atoms with Gasteiger partial charge in [0.15, 0.2) is 0 Å². The fourth-order valence-electron chi connectivity index (χ4n) is 4.06. The van der Waals surface area contributed by atoms with E-state index in [0.717, 1.165) is 43.7 Å². The smallest absolute Gasteiger partial charge is 0.225 e. The summed E-state index contributed by atoms with van der Waals surface area (Å²) in [4.78, 5) is 14.2. The number of amides is 1. The number of hydrogen-bond acceptors (Lipinski definition) is 5. The number of aliphatic hydroxyl groups is 1. The van der Waals surface area contributed by atoms with Crippen molar-refractivity contribution in [3.63, 3.8) is 0 Å². The highest BCUT2D eigenvalue weighted by Crippen LogP contribution is 2.30. The summed E-state index contributed by atoms with van der Waals surface area (Å²) in [5, 5.41) is 11.2. The van der Waals surface area contributed by atoms with E-state index >= 15 is 0 Å². The first kappa shape index (κ1) is 24.4. The Bertz CT molecular complexity index is 861. The van der Waals surface area contributed by atoms with Crippen LogP contribution in [0.3, 0.4) is 0 Å². The van der Waals surface area contributed by atoms with Crippen molar-refractivity contribution in [1.29, 1.82) is 0 Å². The van der Waals surface area contributed by atoms with Gasteiger partial charge in [-0.2, -0.15) is 0 Å². The standard InChI is InChI=1S/C25H33ClN2O4/c1-2-3-6-23(25(27)30)22-7-4-5-8-24(22)31-17-19(29)15-28-14-13-21(16-28)32-20-11-9-18(26)10-12-20/h4-5,7-12,19,21,23,29H,2-3,6,13-17H2,1H3,(H2,27,30). The van der Waals surface area contributed by atoms with Crippen molar-refractivity contribution in [2.75, 3.05) is 26.2 Å². The average molecular weight is 461 g/mol. The predicted octanol–water partition coefficient (Wildman–Crippen LogP) is 3.99. The molecule has 1 fully saturated rings. The Morgan fingerprint density at radius 2 is 2.00 bits per heavy atom. The van der Waals surface area contributed by atoms with Gasteiger partial charge in [-0.1, -0.05) is 49.6 Å². The van der Waals surface area contributed by atoms with Crippen molar-refractivity contribution in [3.8, 4) is 11.5 Å². The lowest BCUT2D eigenvalue weighted by Crippen LogP contribution is -2.35. The van der Waals surface area contributed by atoms with Crippen LogP contribution in [-0.2, 0) is 4.79 Å². The quantitative estimate of drug-likeness (QED) is 0.500. The number of aliphatic hydroxyl groups excluding tert-OH is 1. The summed E-state index contributed by atoms with van der Waals surface area (Å²) in [6, 6.07) is 14.8. The van der Waals surface area contributed by atoms with E-state index in [1.807, 2.05) is 48.5 Å². The molecule has 6 nitrogen and oxygen atoms in total. The van der Waals surface area contributed by atoms with Crippen LogP contribution < -0.4 is 15.2 Å². The first-order chi connectivity index (χ1) is 15.5. The fraction of sp³-hybridized carbons (Fsp3) is 0.480. The van der Waals surface area contributed by atoms with Gasteiger partial charge in [0.2, 0.25) is 5.91 Å². The molecule has 0 aliphatic carbocycles. The number of carbonyl (C=O) groups excluding carboxylic acids is 1. The average Bonchev–Trinajstić information content (AvgIpc) is 3.21. The molecule has 3 unspecified atom stereocenters. The second kappa shape index (κ2) is 12.1. The minimum atomic E-state index is -0.653. The van der Waals surface area contributed by atoms with Gasteiger partial charge in [0.25, 0.3) is 0 Å². The number of halogens is 1. The highest BCUT2D eigenvalue weighted by atomic mass is 35.5. The van der Waals surface area contributed by atoms with Crippen LogP contribution in [0.1, 0.15) is 44.1 Å². The van der Waals surface area contributed by atoms with Gasteiger partial charge in [0.1, 0.15) is 30.3 Å². The third-order valence-corrected chi connectivity index (χ3v) is 5.98. The zero-order chi connectivity index (χ0) is 22.9. The zero-order valence-electron chi connectivity index (χ0n) is 18.6. The Labute approximate surface area is 195 Å². The summed E-state index contributed by atoms with van der Waals surface area (Å²) < 4.78 is 11.9. The van der Waals surface area contributed by atoms with Crippen LogP contribution in [0.4, 0.5) is 0 Å². The van der Waals surface area contributed by atoms with Crippen LogP contribution in [0.25, 0.3) is 0 Å². The van der Waals surface area contributed by atoms with E-state index in [1.165, 1.54) is 0 Å². The summed E-state index contributed by atoms with van der Waals surface area (Å²) in [5.74, 6) is 0.678. The molecule has 1 amide bonds. The molecule has 3 rings (SSSR count). The second-order valence-corrected chi connectivity index (χ2v) is 8.78. The predicted molar refractivity (Wildman–Crippen MR) is 126 cm³/mol. The third kappa shape index (κ3) is 7.12. The Morgan fingerprint density at radius 1 is 1.25 bits per heavy atom. The summed E-state index contributed by atoms with van der Waals surface area (Å²) >= 11 is 5.92. The SMILES string of the molecule is CCCCC(C(N)=O)c1ccccc1OCC(O)CN1CCC(Oc2ccc(Cl)cc2)C1. The van der Waals surface area contributed by atoms with Crippen LogP contribution >= 0.6 is 11.6 Å². The van der Waals surface area contributed by atoms with E-state index in [0.29, 0.717) is 23.7 Å². The molecular weight excluding hydrogens is 428 g/mol. The lowest BCUT2D eigenvalue weighted by Gasteiger charge is -2.22. The Morgan fingerprint density at radius 3 is 2.72 bits per heavy atom. The van der Waals surface area contributed by atoms with Gasteiger partial charge in [0, 0.05) is 30.2 Å². The highest BCUT2D eigenvalue weighted by molar-refractivity contribution is 6.30. The first-order valence-electron chi connectivity index (χ1n) is 11.3. The van der Waals surface area contributed by atoms with Gasteiger partial charge in [0.05, 0.1) is 5.92 Å². The first-order valence-corrected chi connectivity index (χ1v) is 11.7. The number of para-hydroxylation sites is 1.